The Morgan fingerprint density at radius 1 is 1.16 bits per heavy atom. The van der Waals surface area contributed by atoms with E-state index in [0.717, 1.165) is 61.2 Å². The molecule has 3 heterocycles. The van der Waals surface area contributed by atoms with Gasteiger partial charge in [0, 0.05) is 25.2 Å². The van der Waals surface area contributed by atoms with Crippen molar-refractivity contribution in [1.82, 2.24) is 14.9 Å². The maximum atomic E-state index is 5.37. The SMILES string of the molecule is c1c2c(cc3[nH]c(CN4CCOCC4)nc13)OCO2. The van der Waals surface area contributed by atoms with E-state index in [1.807, 2.05) is 12.1 Å². The zero-order chi connectivity index (χ0) is 12.7. The van der Waals surface area contributed by atoms with Gasteiger partial charge in [0.15, 0.2) is 11.5 Å². The number of benzene rings is 1. The van der Waals surface area contributed by atoms with Crippen LogP contribution in [0.25, 0.3) is 11.0 Å². The van der Waals surface area contributed by atoms with Crippen molar-refractivity contribution in [3.63, 3.8) is 0 Å². The number of imidazole rings is 1. The molecule has 2 aromatic rings. The molecule has 19 heavy (non-hydrogen) atoms. The highest BCUT2D eigenvalue weighted by Gasteiger charge is 2.17. The van der Waals surface area contributed by atoms with Crippen LogP contribution in [0.4, 0.5) is 0 Å². The molecule has 0 unspecified atom stereocenters. The Balaban J connectivity index is 1.61. The van der Waals surface area contributed by atoms with E-state index in [1.165, 1.54) is 0 Å². The zero-order valence-corrected chi connectivity index (χ0v) is 10.5. The summed E-state index contributed by atoms with van der Waals surface area (Å²) < 4.78 is 16.1. The average molecular weight is 261 g/mol. The van der Waals surface area contributed by atoms with E-state index in [9.17, 15) is 0 Å². The Labute approximate surface area is 110 Å². The largest absolute Gasteiger partial charge is 0.454 e. The number of aromatic amines is 1. The smallest absolute Gasteiger partial charge is 0.231 e. The topological polar surface area (TPSA) is 59.6 Å². The number of H-pyrrole nitrogens is 1. The molecule has 4 rings (SSSR count). The molecule has 0 spiro atoms. The summed E-state index contributed by atoms with van der Waals surface area (Å²) in [7, 11) is 0. The highest BCUT2D eigenvalue weighted by Crippen LogP contribution is 2.35. The molecular weight excluding hydrogens is 246 g/mol. The quantitative estimate of drug-likeness (QED) is 0.878. The summed E-state index contributed by atoms with van der Waals surface area (Å²) in [5, 5.41) is 0. The van der Waals surface area contributed by atoms with Gasteiger partial charge >= 0.3 is 0 Å². The Morgan fingerprint density at radius 2 is 1.95 bits per heavy atom. The zero-order valence-electron chi connectivity index (χ0n) is 10.5. The van der Waals surface area contributed by atoms with E-state index in [0.29, 0.717) is 6.79 Å². The van der Waals surface area contributed by atoms with E-state index < -0.39 is 0 Å². The monoisotopic (exact) mass is 261 g/mol. The Bertz CT molecular complexity index is 563. The van der Waals surface area contributed by atoms with Gasteiger partial charge in [-0.25, -0.2) is 4.98 Å². The third-order valence-corrected chi connectivity index (χ3v) is 3.50. The molecule has 0 saturated carbocycles. The number of nitrogens with one attached hydrogen (secondary N) is 1. The van der Waals surface area contributed by atoms with Crippen LogP contribution in [0.1, 0.15) is 5.82 Å². The fourth-order valence-corrected chi connectivity index (χ4v) is 2.50. The van der Waals surface area contributed by atoms with Crippen molar-refractivity contribution in [1.29, 1.82) is 0 Å². The van der Waals surface area contributed by atoms with Gasteiger partial charge in [-0.05, 0) is 0 Å². The van der Waals surface area contributed by atoms with Crippen LogP contribution in [0.2, 0.25) is 0 Å². The van der Waals surface area contributed by atoms with Crippen LogP contribution < -0.4 is 9.47 Å². The van der Waals surface area contributed by atoms with E-state index in [-0.39, 0.29) is 0 Å². The van der Waals surface area contributed by atoms with E-state index >= 15 is 0 Å². The minimum Gasteiger partial charge on any atom is -0.454 e. The summed E-state index contributed by atoms with van der Waals surface area (Å²) in [6, 6.07) is 3.88. The van der Waals surface area contributed by atoms with Crippen LogP contribution in [-0.4, -0.2) is 48.0 Å². The Morgan fingerprint density at radius 3 is 2.79 bits per heavy atom. The van der Waals surface area contributed by atoms with Gasteiger partial charge < -0.3 is 19.2 Å². The van der Waals surface area contributed by atoms with Crippen molar-refractivity contribution in [3.05, 3.63) is 18.0 Å². The van der Waals surface area contributed by atoms with Gasteiger partial charge in [0.25, 0.3) is 0 Å². The number of nitrogens with zero attached hydrogens (tertiary/aromatic N) is 2. The molecule has 1 N–H and O–H groups in total. The number of hydrogen-bond acceptors (Lipinski definition) is 5. The molecule has 0 bridgehead atoms. The highest BCUT2D eigenvalue weighted by atomic mass is 16.7. The summed E-state index contributed by atoms with van der Waals surface area (Å²) >= 11 is 0. The molecular formula is C13H15N3O3. The summed E-state index contributed by atoms with van der Waals surface area (Å²) in [5.41, 5.74) is 1.92. The van der Waals surface area contributed by atoms with E-state index in [2.05, 4.69) is 14.9 Å². The predicted molar refractivity (Wildman–Crippen MR) is 68.3 cm³/mol. The van der Waals surface area contributed by atoms with Crippen LogP contribution in [0.15, 0.2) is 12.1 Å². The number of morpholine rings is 1. The van der Waals surface area contributed by atoms with Crippen molar-refractivity contribution in [3.8, 4) is 11.5 Å². The highest BCUT2D eigenvalue weighted by molar-refractivity contribution is 5.80. The molecule has 6 nitrogen and oxygen atoms in total. The lowest BCUT2D eigenvalue weighted by Crippen LogP contribution is -2.35. The number of ether oxygens (including phenoxy) is 3. The van der Waals surface area contributed by atoms with Gasteiger partial charge in [-0.3, -0.25) is 4.90 Å². The molecule has 1 fully saturated rings. The first kappa shape index (κ1) is 11.1. The van der Waals surface area contributed by atoms with Crippen molar-refractivity contribution >= 4 is 11.0 Å². The van der Waals surface area contributed by atoms with Crippen molar-refractivity contribution in [2.75, 3.05) is 33.1 Å². The molecule has 1 aromatic carbocycles. The van der Waals surface area contributed by atoms with Crippen molar-refractivity contribution in [2.24, 2.45) is 0 Å². The van der Waals surface area contributed by atoms with Gasteiger partial charge in [0.05, 0.1) is 30.8 Å². The lowest BCUT2D eigenvalue weighted by Gasteiger charge is -2.25. The molecule has 0 radical (unpaired) electrons. The van der Waals surface area contributed by atoms with Gasteiger partial charge in [-0.2, -0.15) is 0 Å². The lowest BCUT2D eigenvalue weighted by atomic mass is 10.3. The average Bonchev–Trinajstić information content (AvgIpc) is 3.01. The summed E-state index contributed by atoms with van der Waals surface area (Å²) in [6.45, 7) is 4.64. The number of aromatic nitrogens is 2. The maximum Gasteiger partial charge on any atom is 0.231 e. The Kier molecular flexibility index (Phi) is 2.56. The maximum absolute atomic E-state index is 5.37. The van der Waals surface area contributed by atoms with Crippen LogP contribution in [0, 0.1) is 0 Å². The first-order valence-electron chi connectivity index (χ1n) is 6.47. The molecule has 0 amide bonds. The van der Waals surface area contributed by atoms with Gasteiger partial charge in [0.1, 0.15) is 5.82 Å². The van der Waals surface area contributed by atoms with Gasteiger partial charge in [0.2, 0.25) is 6.79 Å². The second kappa shape index (κ2) is 4.40. The minimum atomic E-state index is 0.294. The molecule has 0 aliphatic carbocycles. The molecule has 2 aliphatic heterocycles. The first-order valence-corrected chi connectivity index (χ1v) is 6.47. The predicted octanol–water partition coefficient (Wildman–Crippen LogP) is 1.12. The normalized spacial score (nSPS) is 19.2. The summed E-state index contributed by atoms with van der Waals surface area (Å²) in [6.07, 6.45) is 0. The van der Waals surface area contributed by atoms with Crippen LogP contribution in [0.3, 0.4) is 0 Å². The molecule has 100 valence electrons. The number of hydrogen-bond donors (Lipinski definition) is 1. The van der Waals surface area contributed by atoms with Crippen LogP contribution in [-0.2, 0) is 11.3 Å². The molecule has 6 heteroatoms. The molecule has 0 atom stereocenters. The molecule has 2 aliphatic rings. The minimum absolute atomic E-state index is 0.294. The molecule has 1 saturated heterocycles. The first-order chi connectivity index (χ1) is 9.38. The summed E-state index contributed by atoms with van der Waals surface area (Å²) in [5.74, 6) is 2.53. The number of fused-ring (bicyclic) bond motifs is 2. The second-order valence-electron chi connectivity index (χ2n) is 4.79. The second-order valence-corrected chi connectivity index (χ2v) is 4.79. The van der Waals surface area contributed by atoms with E-state index in [4.69, 9.17) is 14.2 Å². The fourth-order valence-electron chi connectivity index (χ4n) is 2.50. The molecule has 1 aromatic heterocycles. The third-order valence-electron chi connectivity index (χ3n) is 3.50. The van der Waals surface area contributed by atoms with Crippen LogP contribution in [0.5, 0.6) is 11.5 Å². The fraction of sp³-hybridized carbons (Fsp3) is 0.462. The summed E-state index contributed by atoms with van der Waals surface area (Å²) in [4.78, 5) is 10.3. The van der Waals surface area contributed by atoms with Gasteiger partial charge in [-0.1, -0.05) is 0 Å². The standard InChI is InChI=1S/C13H15N3O3/c1-3-17-4-2-16(1)7-13-14-9-5-11-12(19-8-18-11)6-10(9)15-13/h5-6H,1-4,7-8H2,(H,14,15). The third kappa shape index (κ3) is 2.02. The van der Waals surface area contributed by atoms with Crippen molar-refractivity contribution < 1.29 is 14.2 Å². The Hall–Kier alpha value is -1.79. The van der Waals surface area contributed by atoms with E-state index in [1.54, 1.807) is 0 Å². The van der Waals surface area contributed by atoms with Crippen molar-refractivity contribution in [2.45, 2.75) is 6.54 Å². The van der Waals surface area contributed by atoms with Gasteiger partial charge in [-0.15, -0.1) is 0 Å². The lowest BCUT2D eigenvalue weighted by molar-refractivity contribution is 0.0332. The van der Waals surface area contributed by atoms with Crippen LogP contribution >= 0.6 is 0 Å². The number of rotatable bonds is 2.